The molecule has 1 heterocycles. The summed E-state index contributed by atoms with van der Waals surface area (Å²) in [6.45, 7) is 5.31. The first-order chi connectivity index (χ1) is 11.8. The molecular formula is C20H18N2O3. The van der Waals surface area contributed by atoms with E-state index in [4.69, 9.17) is 4.74 Å². The number of aromatic hydroxyl groups is 1. The predicted octanol–water partition coefficient (Wildman–Crippen LogP) is 4.37. The molecule has 1 aromatic heterocycles. The Morgan fingerprint density at radius 3 is 2.60 bits per heavy atom. The van der Waals surface area contributed by atoms with E-state index in [9.17, 15) is 15.2 Å². The lowest BCUT2D eigenvalue weighted by Gasteiger charge is -2.20. The lowest BCUT2D eigenvalue weighted by molar-refractivity contribution is 0.00669. The molecule has 3 rings (SSSR count). The maximum Gasteiger partial charge on any atom is 0.342 e. The number of esters is 1. The first-order valence-corrected chi connectivity index (χ1v) is 7.86. The molecule has 0 aliphatic carbocycles. The van der Waals surface area contributed by atoms with E-state index in [2.05, 4.69) is 11.1 Å². The van der Waals surface area contributed by atoms with E-state index in [1.165, 1.54) is 12.1 Å². The van der Waals surface area contributed by atoms with E-state index in [-0.39, 0.29) is 11.3 Å². The van der Waals surface area contributed by atoms with Crippen LogP contribution in [0, 0.1) is 11.3 Å². The number of fused-ring (bicyclic) bond motifs is 1. The molecule has 0 saturated heterocycles. The summed E-state index contributed by atoms with van der Waals surface area (Å²) in [4.78, 5) is 15.3. The summed E-state index contributed by atoms with van der Waals surface area (Å²) in [5.41, 5.74) is 2.35. The number of nitriles is 1. The maximum absolute atomic E-state index is 12.2. The molecule has 0 atom stereocenters. The van der Waals surface area contributed by atoms with Gasteiger partial charge in [-0.15, -0.1) is 0 Å². The van der Waals surface area contributed by atoms with Gasteiger partial charge >= 0.3 is 5.97 Å². The number of carbonyl (C=O) groups is 1. The lowest BCUT2D eigenvalue weighted by atomic mass is 9.98. The number of nitrogens with zero attached hydrogens (tertiary/aromatic N) is 1. The monoisotopic (exact) mass is 334 g/mol. The normalized spacial score (nSPS) is 11.3. The van der Waals surface area contributed by atoms with Crippen molar-refractivity contribution in [3.8, 4) is 22.9 Å². The molecule has 5 heteroatoms. The van der Waals surface area contributed by atoms with Crippen LogP contribution in [0.25, 0.3) is 22.0 Å². The van der Waals surface area contributed by atoms with E-state index >= 15 is 0 Å². The molecule has 126 valence electrons. The van der Waals surface area contributed by atoms with Gasteiger partial charge < -0.3 is 14.8 Å². The van der Waals surface area contributed by atoms with E-state index in [0.717, 1.165) is 16.5 Å². The standard InChI is InChI=1S/C20H18N2O3/c1-20(2,3)25-19(24)15-5-4-13(10-17(15)23)16-9-12(11-21)8-14-6-7-22-18(14)16/h4-10,22-23H,1-3H3. The third-order valence-electron chi connectivity index (χ3n) is 3.72. The Morgan fingerprint density at radius 2 is 1.96 bits per heavy atom. The summed E-state index contributed by atoms with van der Waals surface area (Å²) in [5.74, 6) is -0.735. The molecule has 2 N–H and O–H groups in total. The fraction of sp³-hybridized carbons (Fsp3) is 0.200. The zero-order valence-corrected chi connectivity index (χ0v) is 14.3. The Labute approximate surface area is 145 Å². The number of benzene rings is 2. The number of phenols is 1. The van der Waals surface area contributed by atoms with Crippen molar-refractivity contribution >= 4 is 16.9 Å². The van der Waals surface area contributed by atoms with Crippen LogP contribution in [-0.4, -0.2) is 21.7 Å². The molecule has 0 bridgehead atoms. The van der Waals surface area contributed by atoms with Crippen LogP contribution in [0.4, 0.5) is 0 Å². The second kappa shape index (κ2) is 5.99. The highest BCUT2D eigenvalue weighted by atomic mass is 16.6. The van der Waals surface area contributed by atoms with E-state index < -0.39 is 11.6 Å². The minimum Gasteiger partial charge on any atom is -0.507 e. The van der Waals surface area contributed by atoms with Gasteiger partial charge in [-0.1, -0.05) is 6.07 Å². The minimum absolute atomic E-state index is 0.109. The molecule has 0 amide bonds. The summed E-state index contributed by atoms with van der Waals surface area (Å²) in [5, 5.41) is 20.4. The Kier molecular flexibility index (Phi) is 3.97. The van der Waals surface area contributed by atoms with Crippen molar-refractivity contribution < 1.29 is 14.6 Å². The van der Waals surface area contributed by atoms with E-state index in [0.29, 0.717) is 11.1 Å². The molecule has 0 unspecified atom stereocenters. The first-order valence-electron chi connectivity index (χ1n) is 7.86. The maximum atomic E-state index is 12.2. The quantitative estimate of drug-likeness (QED) is 0.681. The molecule has 0 saturated carbocycles. The highest BCUT2D eigenvalue weighted by molar-refractivity contribution is 5.98. The van der Waals surface area contributed by atoms with Crippen LogP contribution in [0.5, 0.6) is 5.75 Å². The van der Waals surface area contributed by atoms with Crippen LogP contribution in [0.2, 0.25) is 0 Å². The molecule has 0 aliphatic rings. The van der Waals surface area contributed by atoms with Gasteiger partial charge in [-0.25, -0.2) is 4.79 Å². The van der Waals surface area contributed by atoms with Crippen LogP contribution < -0.4 is 0 Å². The molecule has 0 fully saturated rings. The Bertz CT molecular complexity index is 1000. The minimum atomic E-state index is -0.639. The summed E-state index contributed by atoms with van der Waals surface area (Å²) < 4.78 is 5.30. The van der Waals surface area contributed by atoms with Gasteiger partial charge in [0.15, 0.2) is 0 Å². The Hall–Kier alpha value is -3.26. The number of phenolic OH excluding ortho intramolecular Hbond substituents is 1. The van der Waals surface area contributed by atoms with E-state index in [1.807, 2.05) is 6.07 Å². The molecule has 0 aliphatic heterocycles. The number of H-pyrrole nitrogens is 1. The highest BCUT2D eigenvalue weighted by Crippen LogP contribution is 2.33. The summed E-state index contributed by atoms with van der Waals surface area (Å²) in [6, 6.07) is 12.3. The van der Waals surface area contributed by atoms with Gasteiger partial charge in [-0.05, 0) is 56.7 Å². The number of hydrogen-bond donors (Lipinski definition) is 2. The molecule has 25 heavy (non-hydrogen) atoms. The van der Waals surface area contributed by atoms with Crippen molar-refractivity contribution in [3.63, 3.8) is 0 Å². The number of rotatable bonds is 2. The van der Waals surface area contributed by atoms with Crippen molar-refractivity contribution in [2.45, 2.75) is 26.4 Å². The van der Waals surface area contributed by atoms with Gasteiger partial charge in [-0.2, -0.15) is 5.26 Å². The van der Waals surface area contributed by atoms with Crippen LogP contribution in [0.3, 0.4) is 0 Å². The third kappa shape index (κ3) is 3.33. The van der Waals surface area contributed by atoms with Gasteiger partial charge in [0, 0.05) is 17.1 Å². The van der Waals surface area contributed by atoms with Crippen molar-refractivity contribution in [3.05, 3.63) is 53.7 Å². The zero-order chi connectivity index (χ0) is 18.2. The number of nitrogens with one attached hydrogen (secondary N) is 1. The second-order valence-electron chi connectivity index (χ2n) is 6.81. The fourth-order valence-corrected chi connectivity index (χ4v) is 2.67. The average molecular weight is 334 g/mol. The van der Waals surface area contributed by atoms with Crippen LogP contribution in [0.15, 0.2) is 42.6 Å². The zero-order valence-electron chi connectivity index (χ0n) is 14.3. The largest absolute Gasteiger partial charge is 0.507 e. The molecule has 0 spiro atoms. The average Bonchev–Trinajstić information content (AvgIpc) is 3.00. The second-order valence-corrected chi connectivity index (χ2v) is 6.81. The van der Waals surface area contributed by atoms with Crippen molar-refractivity contribution in [1.29, 1.82) is 5.26 Å². The SMILES string of the molecule is CC(C)(C)OC(=O)c1ccc(-c2cc(C#N)cc3cc[nH]c23)cc1O. The van der Waals surface area contributed by atoms with E-state index in [1.54, 1.807) is 45.2 Å². The summed E-state index contributed by atoms with van der Waals surface area (Å²) >= 11 is 0. The molecule has 0 radical (unpaired) electrons. The van der Waals surface area contributed by atoms with Crippen molar-refractivity contribution in [1.82, 2.24) is 4.98 Å². The number of ether oxygens (including phenoxy) is 1. The van der Waals surface area contributed by atoms with Gasteiger partial charge in [-0.3, -0.25) is 0 Å². The predicted molar refractivity (Wildman–Crippen MR) is 95.3 cm³/mol. The summed E-state index contributed by atoms with van der Waals surface area (Å²) in [6.07, 6.45) is 1.80. The molecule has 5 nitrogen and oxygen atoms in total. The van der Waals surface area contributed by atoms with Crippen LogP contribution in [0.1, 0.15) is 36.7 Å². The number of aromatic amines is 1. The summed E-state index contributed by atoms with van der Waals surface area (Å²) in [7, 11) is 0. The van der Waals surface area contributed by atoms with Gasteiger partial charge in [0.1, 0.15) is 16.9 Å². The van der Waals surface area contributed by atoms with Crippen LogP contribution >= 0.6 is 0 Å². The lowest BCUT2D eigenvalue weighted by Crippen LogP contribution is -2.23. The van der Waals surface area contributed by atoms with Crippen LogP contribution in [-0.2, 0) is 4.74 Å². The van der Waals surface area contributed by atoms with Gasteiger partial charge in [0.05, 0.1) is 17.1 Å². The van der Waals surface area contributed by atoms with Crippen molar-refractivity contribution in [2.24, 2.45) is 0 Å². The van der Waals surface area contributed by atoms with Gasteiger partial charge in [0.25, 0.3) is 0 Å². The van der Waals surface area contributed by atoms with Gasteiger partial charge in [0.2, 0.25) is 0 Å². The molecular weight excluding hydrogens is 316 g/mol. The Balaban J connectivity index is 2.06. The third-order valence-corrected chi connectivity index (χ3v) is 3.72. The highest BCUT2D eigenvalue weighted by Gasteiger charge is 2.21. The Morgan fingerprint density at radius 1 is 1.20 bits per heavy atom. The topological polar surface area (TPSA) is 86.1 Å². The number of aromatic nitrogens is 1. The molecule has 3 aromatic rings. The smallest absolute Gasteiger partial charge is 0.342 e. The number of hydrogen-bond acceptors (Lipinski definition) is 4. The number of carbonyl (C=O) groups excluding carboxylic acids is 1. The fourth-order valence-electron chi connectivity index (χ4n) is 2.67. The first kappa shape index (κ1) is 16.6. The molecule has 2 aromatic carbocycles. The van der Waals surface area contributed by atoms with Crippen molar-refractivity contribution in [2.75, 3.05) is 0 Å².